The van der Waals surface area contributed by atoms with Crippen molar-refractivity contribution in [3.63, 3.8) is 0 Å². The van der Waals surface area contributed by atoms with Crippen LogP contribution in [0.3, 0.4) is 0 Å². The van der Waals surface area contributed by atoms with Gasteiger partial charge in [-0.25, -0.2) is 13.1 Å². The van der Waals surface area contributed by atoms with Crippen molar-refractivity contribution in [3.8, 4) is 0 Å². The fourth-order valence-corrected chi connectivity index (χ4v) is 4.06. The molecule has 0 aliphatic heterocycles. The second-order valence-corrected chi connectivity index (χ2v) is 7.85. The SMILES string of the molecule is Cc1cccc(CS(=O)(=O)NCc2nn3c(C)nnc3s2)c1. The molecule has 0 saturated heterocycles. The molecule has 0 aliphatic rings. The Labute approximate surface area is 132 Å². The maximum atomic E-state index is 12.1. The number of nitrogens with one attached hydrogen (secondary N) is 1. The third-order valence-corrected chi connectivity index (χ3v) is 5.27. The minimum atomic E-state index is -3.41. The largest absolute Gasteiger partial charge is 0.234 e. The van der Waals surface area contributed by atoms with Gasteiger partial charge in [-0.1, -0.05) is 41.2 Å². The molecule has 1 aromatic carbocycles. The fourth-order valence-electron chi connectivity index (χ4n) is 2.07. The lowest BCUT2D eigenvalue weighted by molar-refractivity contribution is 0.579. The number of benzene rings is 1. The second-order valence-electron chi connectivity index (χ2n) is 5.01. The summed E-state index contributed by atoms with van der Waals surface area (Å²) < 4.78 is 28.4. The molecule has 0 spiro atoms. The van der Waals surface area contributed by atoms with Crippen LogP contribution in [0.1, 0.15) is 22.0 Å². The normalized spacial score (nSPS) is 12.1. The summed E-state index contributed by atoms with van der Waals surface area (Å²) >= 11 is 1.32. The van der Waals surface area contributed by atoms with Crippen molar-refractivity contribution in [1.82, 2.24) is 24.5 Å². The molecule has 0 unspecified atom stereocenters. The lowest BCUT2D eigenvalue weighted by Gasteiger charge is -2.05. The molecule has 7 nitrogen and oxygen atoms in total. The van der Waals surface area contributed by atoms with Crippen LogP contribution in [-0.4, -0.2) is 28.2 Å². The third kappa shape index (κ3) is 3.32. The summed E-state index contributed by atoms with van der Waals surface area (Å²) in [5.41, 5.74) is 1.80. The van der Waals surface area contributed by atoms with Gasteiger partial charge in [0, 0.05) is 0 Å². The number of aromatic nitrogens is 4. The van der Waals surface area contributed by atoms with Crippen LogP contribution in [0.15, 0.2) is 24.3 Å². The van der Waals surface area contributed by atoms with Crippen molar-refractivity contribution in [3.05, 3.63) is 46.2 Å². The quantitative estimate of drug-likeness (QED) is 0.760. The van der Waals surface area contributed by atoms with Gasteiger partial charge in [0.05, 0.1) is 12.3 Å². The van der Waals surface area contributed by atoms with Gasteiger partial charge >= 0.3 is 0 Å². The molecule has 0 aliphatic carbocycles. The Morgan fingerprint density at radius 3 is 2.82 bits per heavy atom. The Balaban J connectivity index is 1.69. The van der Waals surface area contributed by atoms with Crippen molar-refractivity contribution in [1.29, 1.82) is 0 Å². The molecule has 22 heavy (non-hydrogen) atoms. The van der Waals surface area contributed by atoms with E-state index in [0.29, 0.717) is 15.8 Å². The maximum absolute atomic E-state index is 12.1. The third-order valence-electron chi connectivity index (χ3n) is 3.07. The fraction of sp³-hybridized carbons (Fsp3) is 0.308. The van der Waals surface area contributed by atoms with Crippen LogP contribution >= 0.6 is 11.3 Å². The summed E-state index contributed by atoms with van der Waals surface area (Å²) in [6.45, 7) is 3.89. The zero-order valence-corrected chi connectivity index (χ0v) is 13.8. The summed E-state index contributed by atoms with van der Waals surface area (Å²) in [5.74, 6) is 0.637. The zero-order valence-electron chi connectivity index (χ0n) is 12.1. The van der Waals surface area contributed by atoms with Gasteiger partial charge in [-0.05, 0) is 19.4 Å². The number of fused-ring (bicyclic) bond motifs is 1. The molecule has 0 fully saturated rings. The molecule has 116 valence electrons. The van der Waals surface area contributed by atoms with E-state index in [-0.39, 0.29) is 12.3 Å². The topological polar surface area (TPSA) is 89.2 Å². The van der Waals surface area contributed by atoms with E-state index >= 15 is 0 Å². The number of aryl methyl sites for hydroxylation is 2. The number of hydrogen-bond donors (Lipinski definition) is 1. The van der Waals surface area contributed by atoms with Crippen molar-refractivity contribution >= 4 is 26.3 Å². The predicted molar refractivity (Wildman–Crippen MR) is 84.0 cm³/mol. The highest BCUT2D eigenvalue weighted by atomic mass is 32.2. The van der Waals surface area contributed by atoms with Crippen LogP contribution in [0.5, 0.6) is 0 Å². The summed E-state index contributed by atoms with van der Waals surface area (Å²) in [6, 6.07) is 7.46. The standard InChI is InChI=1S/C13H15N5O2S2/c1-9-4-3-5-11(6-9)8-22(19,20)14-7-12-17-18-10(2)15-16-13(18)21-12/h3-6,14H,7-8H2,1-2H3. The molecule has 0 saturated carbocycles. The number of hydrogen-bond acceptors (Lipinski definition) is 6. The van der Waals surface area contributed by atoms with E-state index in [0.717, 1.165) is 11.1 Å². The molecular formula is C13H15N5O2S2. The Morgan fingerprint density at radius 2 is 2.09 bits per heavy atom. The van der Waals surface area contributed by atoms with Crippen LogP contribution in [-0.2, 0) is 22.3 Å². The molecule has 3 aromatic rings. The van der Waals surface area contributed by atoms with E-state index < -0.39 is 10.0 Å². The van der Waals surface area contributed by atoms with Gasteiger partial charge in [-0.2, -0.15) is 9.61 Å². The average molecular weight is 337 g/mol. The first-order valence-electron chi connectivity index (χ1n) is 6.63. The number of nitrogens with zero attached hydrogens (tertiary/aromatic N) is 4. The minimum Gasteiger partial charge on any atom is -0.212 e. The number of sulfonamides is 1. The molecule has 2 aromatic heterocycles. The van der Waals surface area contributed by atoms with Gasteiger partial charge in [-0.3, -0.25) is 0 Å². The molecule has 0 radical (unpaired) electrons. The molecule has 0 atom stereocenters. The molecular weight excluding hydrogens is 322 g/mol. The lowest BCUT2D eigenvalue weighted by atomic mass is 10.2. The van der Waals surface area contributed by atoms with Gasteiger partial charge in [-0.15, -0.1) is 10.2 Å². The van der Waals surface area contributed by atoms with Crippen LogP contribution < -0.4 is 4.72 Å². The van der Waals surface area contributed by atoms with Crippen LogP contribution in [0, 0.1) is 13.8 Å². The predicted octanol–water partition coefficient (Wildman–Crippen LogP) is 1.42. The summed E-state index contributed by atoms with van der Waals surface area (Å²) in [4.78, 5) is 0.658. The van der Waals surface area contributed by atoms with Gasteiger partial charge in [0.2, 0.25) is 15.0 Å². The highest BCUT2D eigenvalue weighted by Crippen LogP contribution is 2.14. The van der Waals surface area contributed by atoms with E-state index in [4.69, 9.17) is 0 Å². The van der Waals surface area contributed by atoms with Crippen molar-refractivity contribution in [2.75, 3.05) is 0 Å². The Bertz CT molecular complexity index is 914. The molecule has 9 heteroatoms. The van der Waals surface area contributed by atoms with E-state index in [1.807, 2.05) is 25.1 Å². The lowest BCUT2D eigenvalue weighted by Crippen LogP contribution is -2.24. The van der Waals surface area contributed by atoms with Crippen molar-refractivity contribution in [2.24, 2.45) is 0 Å². The van der Waals surface area contributed by atoms with E-state index in [2.05, 4.69) is 20.0 Å². The Kier molecular flexibility index (Phi) is 3.94. The second kappa shape index (κ2) is 5.75. The van der Waals surface area contributed by atoms with Crippen molar-refractivity contribution < 1.29 is 8.42 Å². The smallest absolute Gasteiger partial charge is 0.212 e. The highest BCUT2D eigenvalue weighted by Gasteiger charge is 2.14. The first kappa shape index (κ1) is 15.1. The first-order chi connectivity index (χ1) is 10.4. The first-order valence-corrected chi connectivity index (χ1v) is 9.10. The van der Waals surface area contributed by atoms with E-state index in [9.17, 15) is 8.42 Å². The van der Waals surface area contributed by atoms with Crippen LogP contribution in [0.25, 0.3) is 4.96 Å². The molecule has 3 rings (SSSR count). The Hall–Kier alpha value is -1.84. The number of rotatable bonds is 5. The van der Waals surface area contributed by atoms with Gasteiger partial charge < -0.3 is 0 Å². The van der Waals surface area contributed by atoms with Crippen LogP contribution in [0.2, 0.25) is 0 Å². The van der Waals surface area contributed by atoms with Crippen LogP contribution in [0.4, 0.5) is 0 Å². The van der Waals surface area contributed by atoms with E-state index in [1.54, 1.807) is 17.5 Å². The van der Waals surface area contributed by atoms with Gasteiger partial charge in [0.15, 0.2) is 5.82 Å². The highest BCUT2D eigenvalue weighted by molar-refractivity contribution is 7.88. The minimum absolute atomic E-state index is 0.0439. The van der Waals surface area contributed by atoms with Crippen molar-refractivity contribution in [2.45, 2.75) is 26.1 Å². The summed E-state index contributed by atoms with van der Waals surface area (Å²) in [6.07, 6.45) is 0. The zero-order chi connectivity index (χ0) is 15.7. The molecule has 0 amide bonds. The molecule has 0 bridgehead atoms. The van der Waals surface area contributed by atoms with Gasteiger partial charge in [0.1, 0.15) is 5.01 Å². The van der Waals surface area contributed by atoms with Gasteiger partial charge in [0.25, 0.3) is 0 Å². The average Bonchev–Trinajstić information content (AvgIpc) is 2.99. The monoisotopic (exact) mass is 337 g/mol. The summed E-state index contributed by atoms with van der Waals surface area (Å²) in [5, 5.41) is 12.8. The molecule has 1 N–H and O–H groups in total. The maximum Gasteiger partial charge on any atom is 0.234 e. The summed E-state index contributed by atoms with van der Waals surface area (Å²) in [7, 11) is -3.41. The molecule has 2 heterocycles. The van der Waals surface area contributed by atoms with E-state index in [1.165, 1.54) is 11.3 Å². The Morgan fingerprint density at radius 1 is 1.27 bits per heavy atom.